The van der Waals surface area contributed by atoms with Crippen LogP contribution in [0.2, 0.25) is 0 Å². The van der Waals surface area contributed by atoms with Gasteiger partial charge in [-0.15, -0.1) is 0 Å². The molecule has 0 fully saturated rings. The van der Waals surface area contributed by atoms with Gasteiger partial charge in [0.15, 0.2) is 0 Å². The van der Waals surface area contributed by atoms with Crippen LogP contribution in [0.15, 0.2) is 48.7 Å². The molecule has 1 atom stereocenters. The lowest BCUT2D eigenvalue weighted by atomic mass is 10.1. The number of halogens is 3. The van der Waals surface area contributed by atoms with Gasteiger partial charge in [-0.25, -0.2) is 4.98 Å². The van der Waals surface area contributed by atoms with Crippen molar-refractivity contribution in [2.75, 3.05) is 11.9 Å². The van der Waals surface area contributed by atoms with Crippen molar-refractivity contribution >= 4 is 5.82 Å². The minimum Gasteiger partial charge on any atom is -0.394 e. The molecule has 106 valence electrons. The van der Waals surface area contributed by atoms with E-state index in [-0.39, 0.29) is 12.4 Å². The van der Waals surface area contributed by atoms with Crippen LogP contribution in [0.25, 0.3) is 0 Å². The smallest absolute Gasteiger partial charge is 0.394 e. The van der Waals surface area contributed by atoms with Crippen LogP contribution in [-0.4, -0.2) is 16.7 Å². The van der Waals surface area contributed by atoms with Crippen molar-refractivity contribution in [3.63, 3.8) is 0 Å². The second-order valence-electron chi connectivity index (χ2n) is 4.22. The molecule has 2 N–H and O–H groups in total. The summed E-state index contributed by atoms with van der Waals surface area (Å²) >= 11 is 0. The highest BCUT2D eigenvalue weighted by Gasteiger charge is 2.30. The topological polar surface area (TPSA) is 45.1 Å². The average Bonchev–Trinajstić information content (AvgIpc) is 2.45. The van der Waals surface area contributed by atoms with E-state index in [2.05, 4.69) is 10.3 Å². The van der Waals surface area contributed by atoms with E-state index < -0.39 is 17.8 Å². The fourth-order valence-electron chi connectivity index (χ4n) is 1.78. The summed E-state index contributed by atoms with van der Waals surface area (Å²) in [5.74, 6) is 0.0720. The van der Waals surface area contributed by atoms with Crippen LogP contribution in [0.1, 0.15) is 17.2 Å². The van der Waals surface area contributed by atoms with Crippen LogP contribution in [0.4, 0.5) is 19.0 Å². The number of aromatic nitrogens is 1. The molecule has 3 nitrogen and oxygen atoms in total. The summed E-state index contributed by atoms with van der Waals surface area (Å²) in [7, 11) is 0. The second kappa shape index (κ2) is 5.92. The van der Waals surface area contributed by atoms with Gasteiger partial charge in [-0.05, 0) is 17.7 Å². The van der Waals surface area contributed by atoms with Gasteiger partial charge >= 0.3 is 6.18 Å². The van der Waals surface area contributed by atoms with E-state index in [9.17, 15) is 18.3 Å². The highest BCUT2D eigenvalue weighted by atomic mass is 19.4. The first-order valence-electron chi connectivity index (χ1n) is 5.96. The molecule has 2 rings (SSSR count). The van der Waals surface area contributed by atoms with Crippen molar-refractivity contribution in [3.8, 4) is 0 Å². The zero-order valence-electron chi connectivity index (χ0n) is 10.4. The molecule has 0 saturated carbocycles. The molecule has 0 aliphatic heterocycles. The fourth-order valence-corrected chi connectivity index (χ4v) is 1.78. The standard InChI is InChI=1S/C14H13F3N2O/c15-14(16,17)11-6-7-18-13(8-11)19-12(9-20)10-4-2-1-3-5-10/h1-8,12,20H,9H2,(H,18,19). The maximum Gasteiger partial charge on any atom is 0.416 e. The van der Waals surface area contributed by atoms with Crippen LogP contribution in [0.3, 0.4) is 0 Å². The Morgan fingerprint density at radius 2 is 1.85 bits per heavy atom. The molecular weight excluding hydrogens is 269 g/mol. The number of hydrogen-bond acceptors (Lipinski definition) is 3. The Hall–Kier alpha value is -2.08. The average molecular weight is 282 g/mol. The lowest BCUT2D eigenvalue weighted by Crippen LogP contribution is -2.16. The van der Waals surface area contributed by atoms with Gasteiger partial charge in [0, 0.05) is 6.20 Å². The molecule has 2 aromatic rings. The first-order valence-corrected chi connectivity index (χ1v) is 5.96. The van der Waals surface area contributed by atoms with E-state index in [1.54, 1.807) is 24.3 Å². The summed E-state index contributed by atoms with van der Waals surface area (Å²) in [6, 6.07) is 10.3. The molecule has 0 aliphatic rings. The van der Waals surface area contributed by atoms with Crippen molar-refractivity contribution < 1.29 is 18.3 Å². The van der Waals surface area contributed by atoms with Crippen LogP contribution in [0, 0.1) is 0 Å². The fraction of sp³-hybridized carbons (Fsp3) is 0.214. The molecule has 0 saturated heterocycles. The summed E-state index contributed by atoms with van der Waals surface area (Å²) in [5, 5.41) is 12.2. The van der Waals surface area contributed by atoms with Crippen molar-refractivity contribution in [2.24, 2.45) is 0 Å². The molecule has 1 unspecified atom stereocenters. The predicted molar refractivity (Wildman–Crippen MR) is 69.1 cm³/mol. The van der Waals surface area contributed by atoms with E-state index in [1.807, 2.05) is 6.07 Å². The highest BCUT2D eigenvalue weighted by molar-refractivity contribution is 5.41. The lowest BCUT2D eigenvalue weighted by molar-refractivity contribution is -0.137. The Morgan fingerprint density at radius 1 is 1.15 bits per heavy atom. The third kappa shape index (κ3) is 3.48. The quantitative estimate of drug-likeness (QED) is 0.904. The summed E-state index contributed by atoms with van der Waals surface area (Å²) in [4.78, 5) is 3.84. The van der Waals surface area contributed by atoms with Gasteiger partial charge in [0.1, 0.15) is 5.82 Å². The normalized spacial score (nSPS) is 13.0. The van der Waals surface area contributed by atoms with E-state index in [1.165, 1.54) is 0 Å². The van der Waals surface area contributed by atoms with Crippen molar-refractivity contribution in [1.29, 1.82) is 0 Å². The van der Waals surface area contributed by atoms with Crippen molar-refractivity contribution in [3.05, 3.63) is 59.8 Å². The number of rotatable bonds is 4. The highest BCUT2D eigenvalue weighted by Crippen LogP contribution is 2.30. The van der Waals surface area contributed by atoms with Gasteiger partial charge in [0.25, 0.3) is 0 Å². The van der Waals surface area contributed by atoms with Gasteiger partial charge in [-0.2, -0.15) is 13.2 Å². The number of aliphatic hydroxyl groups is 1. The number of pyridine rings is 1. The van der Waals surface area contributed by atoms with Gasteiger partial charge in [-0.1, -0.05) is 30.3 Å². The molecule has 1 aromatic heterocycles. The summed E-state index contributed by atoms with van der Waals surface area (Å²) in [5.41, 5.74) is -0.00559. The number of anilines is 1. The first-order chi connectivity index (χ1) is 9.50. The summed E-state index contributed by atoms with van der Waals surface area (Å²) < 4.78 is 37.8. The predicted octanol–water partition coefficient (Wildman–Crippen LogP) is 3.25. The minimum absolute atomic E-state index is 0.0720. The number of aliphatic hydroxyl groups excluding tert-OH is 1. The van der Waals surface area contributed by atoms with E-state index in [0.717, 1.165) is 23.9 Å². The molecule has 0 spiro atoms. The number of hydrogen-bond donors (Lipinski definition) is 2. The zero-order chi connectivity index (χ0) is 14.6. The maximum absolute atomic E-state index is 12.6. The van der Waals surface area contributed by atoms with Gasteiger partial charge in [0.2, 0.25) is 0 Å². The molecule has 0 aliphatic carbocycles. The van der Waals surface area contributed by atoms with Crippen LogP contribution >= 0.6 is 0 Å². The van der Waals surface area contributed by atoms with E-state index in [4.69, 9.17) is 0 Å². The lowest BCUT2D eigenvalue weighted by Gasteiger charge is -2.18. The number of nitrogens with one attached hydrogen (secondary N) is 1. The Kier molecular flexibility index (Phi) is 4.24. The molecule has 0 bridgehead atoms. The van der Waals surface area contributed by atoms with E-state index in [0.29, 0.717) is 0 Å². The Labute approximate surface area is 114 Å². The molecule has 6 heteroatoms. The molecule has 1 aromatic carbocycles. The summed E-state index contributed by atoms with van der Waals surface area (Å²) in [6.45, 7) is -0.248. The van der Waals surface area contributed by atoms with Crippen LogP contribution in [0.5, 0.6) is 0 Å². The Balaban J connectivity index is 2.20. The Morgan fingerprint density at radius 3 is 2.45 bits per heavy atom. The molecule has 20 heavy (non-hydrogen) atoms. The largest absolute Gasteiger partial charge is 0.416 e. The third-order valence-corrected chi connectivity index (χ3v) is 2.79. The monoisotopic (exact) mass is 282 g/mol. The first kappa shape index (κ1) is 14.3. The molecule has 1 heterocycles. The van der Waals surface area contributed by atoms with Crippen molar-refractivity contribution in [1.82, 2.24) is 4.98 Å². The van der Waals surface area contributed by atoms with Gasteiger partial charge < -0.3 is 10.4 Å². The van der Waals surface area contributed by atoms with Crippen LogP contribution in [-0.2, 0) is 6.18 Å². The number of nitrogens with zero attached hydrogens (tertiary/aromatic N) is 1. The molecular formula is C14H13F3N2O. The van der Waals surface area contributed by atoms with Gasteiger partial charge in [-0.3, -0.25) is 0 Å². The second-order valence-corrected chi connectivity index (χ2v) is 4.22. The zero-order valence-corrected chi connectivity index (χ0v) is 10.4. The van der Waals surface area contributed by atoms with E-state index >= 15 is 0 Å². The SMILES string of the molecule is OCC(Nc1cc(C(F)(F)F)ccn1)c1ccccc1. The number of alkyl halides is 3. The summed E-state index contributed by atoms with van der Waals surface area (Å²) in [6.07, 6.45) is -3.33. The molecule has 0 radical (unpaired) electrons. The van der Waals surface area contributed by atoms with Gasteiger partial charge in [0.05, 0.1) is 18.2 Å². The minimum atomic E-state index is -4.42. The van der Waals surface area contributed by atoms with Crippen LogP contribution < -0.4 is 5.32 Å². The molecule has 0 amide bonds. The Bertz CT molecular complexity index is 558. The number of benzene rings is 1. The van der Waals surface area contributed by atoms with Crippen molar-refractivity contribution in [2.45, 2.75) is 12.2 Å². The maximum atomic E-state index is 12.6. The third-order valence-electron chi connectivity index (χ3n) is 2.79.